The second kappa shape index (κ2) is 5.55. The average molecular weight is 238 g/mol. The first-order valence-electron chi connectivity index (χ1n) is 5.69. The lowest BCUT2D eigenvalue weighted by Gasteiger charge is -2.10. The van der Waals surface area contributed by atoms with Crippen LogP contribution < -0.4 is 5.32 Å². The molecule has 0 saturated carbocycles. The number of rotatable bonds is 4. The summed E-state index contributed by atoms with van der Waals surface area (Å²) in [5.74, 6) is 3.64. The van der Waals surface area contributed by atoms with Crippen LogP contribution >= 0.6 is 11.8 Å². The van der Waals surface area contributed by atoms with E-state index in [1.807, 2.05) is 24.8 Å². The van der Waals surface area contributed by atoms with E-state index in [9.17, 15) is 5.11 Å². The summed E-state index contributed by atoms with van der Waals surface area (Å²) in [4.78, 5) is 4.32. The zero-order chi connectivity index (χ0) is 11.4. The number of thioether (sulfide) groups is 1. The Bertz CT molecular complexity index is 351. The number of nitrogens with one attached hydrogen (secondary N) is 1. The molecule has 3 nitrogen and oxygen atoms in total. The van der Waals surface area contributed by atoms with Gasteiger partial charge in [-0.15, -0.1) is 0 Å². The molecule has 0 spiro atoms. The molecule has 1 unspecified atom stereocenters. The van der Waals surface area contributed by atoms with Gasteiger partial charge in [0.1, 0.15) is 5.75 Å². The lowest BCUT2D eigenvalue weighted by Crippen LogP contribution is -2.22. The van der Waals surface area contributed by atoms with Crippen molar-refractivity contribution >= 4 is 11.8 Å². The molecule has 4 heteroatoms. The van der Waals surface area contributed by atoms with Gasteiger partial charge in [0.15, 0.2) is 0 Å². The van der Waals surface area contributed by atoms with Crippen molar-refractivity contribution in [2.75, 3.05) is 18.1 Å². The summed E-state index contributed by atoms with van der Waals surface area (Å²) in [5.41, 5.74) is 1.71. The zero-order valence-electron chi connectivity index (χ0n) is 9.57. The van der Waals surface area contributed by atoms with Crippen molar-refractivity contribution in [1.82, 2.24) is 10.3 Å². The molecule has 2 heterocycles. The molecule has 1 aromatic rings. The van der Waals surface area contributed by atoms with Crippen molar-refractivity contribution in [2.24, 2.45) is 5.92 Å². The molecule has 0 aromatic carbocycles. The van der Waals surface area contributed by atoms with Crippen LogP contribution in [0.2, 0.25) is 0 Å². The van der Waals surface area contributed by atoms with E-state index in [1.54, 1.807) is 6.07 Å². The topological polar surface area (TPSA) is 45.1 Å². The van der Waals surface area contributed by atoms with E-state index in [0.717, 1.165) is 23.9 Å². The number of aromatic hydroxyl groups is 1. The van der Waals surface area contributed by atoms with E-state index in [2.05, 4.69) is 10.3 Å². The van der Waals surface area contributed by atoms with Crippen LogP contribution in [0.25, 0.3) is 0 Å². The van der Waals surface area contributed by atoms with Gasteiger partial charge in [0.05, 0.1) is 5.69 Å². The van der Waals surface area contributed by atoms with Gasteiger partial charge >= 0.3 is 0 Å². The number of hydrogen-bond acceptors (Lipinski definition) is 4. The van der Waals surface area contributed by atoms with Crippen LogP contribution in [0.1, 0.15) is 17.8 Å². The second-order valence-electron chi connectivity index (χ2n) is 4.28. The van der Waals surface area contributed by atoms with Gasteiger partial charge in [-0.2, -0.15) is 11.8 Å². The highest BCUT2D eigenvalue weighted by Gasteiger charge is 2.14. The summed E-state index contributed by atoms with van der Waals surface area (Å²) in [7, 11) is 0. The van der Waals surface area contributed by atoms with Gasteiger partial charge in [-0.25, -0.2) is 0 Å². The fraction of sp³-hybridized carbons (Fsp3) is 0.583. The lowest BCUT2D eigenvalue weighted by molar-refractivity contribution is 0.453. The van der Waals surface area contributed by atoms with E-state index in [1.165, 1.54) is 17.9 Å². The molecule has 1 aliphatic rings. The number of aryl methyl sites for hydroxylation is 1. The smallest absolute Gasteiger partial charge is 0.138 e. The highest BCUT2D eigenvalue weighted by molar-refractivity contribution is 7.99. The molecular weight excluding hydrogens is 220 g/mol. The monoisotopic (exact) mass is 238 g/mol. The Morgan fingerprint density at radius 1 is 1.56 bits per heavy atom. The quantitative estimate of drug-likeness (QED) is 0.841. The van der Waals surface area contributed by atoms with E-state index >= 15 is 0 Å². The fourth-order valence-corrected chi connectivity index (χ4v) is 3.16. The maximum Gasteiger partial charge on any atom is 0.138 e. The Morgan fingerprint density at radius 2 is 2.44 bits per heavy atom. The zero-order valence-corrected chi connectivity index (χ0v) is 10.4. The van der Waals surface area contributed by atoms with Gasteiger partial charge < -0.3 is 10.4 Å². The van der Waals surface area contributed by atoms with Gasteiger partial charge in [0.25, 0.3) is 0 Å². The summed E-state index contributed by atoms with van der Waals surface area (Å²) in [5, 5.41) is 13.0. The maximum atomic E-state index is 9.62. The maximum absolute atomic E-state index is 9.62. The molecule has 1 atom stereocenters. The number of pyridine rings is 1. The van der Waals surface area contributed by atoms with E-state index in [0.29, 0.717) is 12.3 Å². The first-order valence-corrected chi connectivity index (χ1v) is 6.85. The number of hydrogen-bond donors (Lipinski definition) is 2. The van der Waals surface area contributed by atoms with Crippen LogP contribution in [0.5, 0.6) is 5.75 Å². The predicted molar refractivity (Wildman–Crippen MR) is 67.8 cm³/mol. The standard InChI is InChI=1S/C12H18N2OS/c1-9-2-3-12(15)11(14-9)7-13-6-10-4-5-16-8-10/h2-3,10,13,15H,4-8H2,1H3. The van der Waals surface area contributed by atoms with Crippen LogP contribution in [-0.4, -0.2) is 28.1 Å². The molecule has 88 valence electrons. The van der Waals surface area contributed by atoms with Gasteiger partial charge in [-0.1, -0.05) is 0 Å². The first-order chi connectivity index (χ1) is 7.75. The Balaban J connectivity index is 1.82. The van der Waals surface area contributed by atoms with Crippen LogP contribution in [0.3, 0.4) is 0 Å². The molecule has 1 saturated heterocycles. The Kier molecular flexibility index (Phi) is 4.07. The molecule has 2 rings (SSSR count). The number of nitrogens with zero attached hydrogens (tertiary/aromatic N) is 1. The minimum Gasteiger partial charge on any atom is -0.506 e. The third kappa shape index (κ3) is 3.12. The Morgan fingerprint density at radius 3 is 3.19 bits per heavy atom. The first kappa shape index (κ1) is 11.7. The Hall–Kier alpha value is -0.740. The Labute approximate surface area is 101 Å². The second-order valence-corrected chi connectivity index (χ2v) is 5.43. The van der Waals surface area contributed by atoms with Gasteiger partial charge in [-0.05, 0) is 49.4 Å². The molecule has 1 aliphatic heterocycles. The number of aromatic nitrogens is 1. The summed E-state index contributed by atoms with van der Waals surface area (Å²) in [6.45, 7) is 3.63. The SMILES string of the molecule is Cc1ccc(O)c(CNCC2CCSC2)n1. The molecule has 1 aromatic heterocycles. The minimum atomic E-state index is 0.291. The third-order valence-corrected chi connectivity index (χ3v) is 4.07. The lowest BCUT2D eigenvalue weighted by atomic mass is 10.1. The van der Waals surface area contributed by atoms with E-state index < -0.39 is 0 Å². The summed E-state index contributed by atoms with van der Waals surface area (Å²) < 4.78 is 0. The summed E-state index contributed by atoms with van der Waals surface area (Å²) in [6.07, 6.45) is 1.31. The van der Waals surface area contributed by atoms with E-state index in [4.69, 9.17) is 0 Å². The summed E-state index contributed by atoms with van der Waals surface area (Å²) in [6, 6.07) is 3.54. The fourth-order valence-electron chi connectivity index (χ4n) is 1.87. The third-order valence-electron chi connectivity index (χ3n) is 2.84. The van der Waals surface area contributed by atoms with Gasteiger partial charge in [-0.3, -0.25) is 4.98 Å². The van der Waals surface area contributed by atoms with Crippen LogP contribution in [0, 0.1) is 12.8 Å². The van der Waals surface area contributed by atoms with Crippen molar-refractivity contribution in [3.63, 3.8) is 0 Å². The normalized spacial score (nSPS) is 20.2. The van der Waals surface area contributed by atoms with Crippen molar-refractivity contribution in [3.05, 3.63) is 23.5 Å². The molecule has 16 heavy (non-hydrogen) atoms. The van der Waals surface area contributed by atoms with Crippen molar-refractivity contribution in [3.8, 4) is 5.75 Å². The van der Waals surface area contributed by atoms with Gasteiger partial charge in [0, 0.05) is 12.2 Å². The van der Waals surface area contributed by atoms with Crippen molar-refractivity contribution < 1.29 is 5.11 Å². The van der Waals surface area contributed by atoms with Crippen molar-refractivity contribution in [2.45, 2.75) is 19.9 Å². The van der Waals surface area contributed by atoms with Crippen LogP contribution in [0.4, 0.5) is 0 Å². The molecule has 0 aliphatic carbocycles. The molecule has 2 N–H and O–H groups in total. The largest absolute Gasteiger partial charge is 0.506 e. The van der Waals surface area contributed by atoms with Crippen LogP contribution in [0.15, 0.2) is 12.1 Å². The summed E-state index contributed by atoms with van der Waals surface area (Å²) >= 11 is 2.03. The highest BCUT2D eigenvalue weighted by atomic mass is 32.2. The molecule has 0 amide bonds. The minimum absolute atomic E-state index is 0.291. The molecule has 1 fully saturated rings. The molecular formula is C12H18N2OS. The van der Waals surface area contributed by atoms with Gasteiger partial charge in [0.2, 0.25) is 0 Å². The van der Waals surface area contributed by atoms with Crippen molar-refractivity contribution in [1.29, 1.82) is 0 Å². The average Bonchev–Trinajstić information content (AvgIpc) is 2.76. The molecule has 0 bridgehead atoms. The predicted octanol–water partition coefficient (Wildman–Crippen LogP) is 1.94. The molecule has 0 radical (unpaired) electrons. The highest BCUT2D eigenvalue weighted by Crippen LogP contribution is 2.22. The van der Waals surface area contributed by atoms with E-state index in [-0.39, 0.29) is 0 Å². The van der Waals surface area contributed by atoms with Crippen LogP contribution in [-0.2, 0) is 6.54 Å².